The molecule has 2 N–H and O–H groups in total. The summed E-state index contributed by atoms with van der Waals surface area (Å²) in [5.41, 5.74) is 0.973. The number of rotatable bonds is 8. The number of aliphatic hydroxyl groups excluding tert-OH is 1. The van der Waals surface area contributed by atoms with Crippen molar-refractivity contribution in [3.63, 3.8) is 0 Å². The number of ether oxygens (including phenoxy) is 3. The van der Waals surface area contributed by atoms with E-state index in [4.69, 9.17) is 24.3 Å². The smallest absolute Gasteiger partial charge is 0.310 e. The molecule has 1 aliphatic rings. The summed E-state index contributed by atoms with van der Waals surface area (Å²) in [4.78, 5) is 18.8. The van der Waals surface area contributed by atoms with Crippen LogP contribution >= 0.6 is 24.0 Å². The van der Waals surface area contributed by atoms with Gasteiger partial charge in [0.2, 0.25) is 0 Å². The summed E-state index contributed by atoms with van der Waals surface area (Å²) in [5, 5.41) is 12.2. The van der Waals surface area contributed by atoms with Crippen molar-refractivity contribution in [2.75, 3.05) is 47.1 Å². The quantitative estimate of drug-likeness (QED) is 0.234. The second kappa shape index (κ2) is 12.7. The van der Waals surface area contributed by atoms with E-state index in [1.807, 2.05) is 25.1 Å². The topological polar surface area (TPSA) is 92.6 Å². The Labute approximate surface area is 189 Å². The summed E-state index contributed by atoms with van der Waals surface area (Å²) in [6.07, 6.45) is 0. The third-order valence-electron chi connectivity index (χ3n) is 4.74. The summed E-state index contributed by atoms with van der Waals surface area (Å²) < 4.78 is 15.7. The summed E-state index contributed by atoms with van der Waals surface area (Å²) in [6, 6.07) is 5.62. The van der Waals surface area contributed by atoms with Gasteiger partial charge in [0.25, 0.3) is 0 Å². The molecule has 1 aromatic rings. The minimum atomic E-state index is -0.172. The minimum absolute atomic E-state index is 0. The van der Waals surface area contributed by atoms with E-state index in [0.717, 1.165) is 24.6 Å². The Bertz CT molecular complexity index is 686. The predicted molar refractivity (Wildman–Crippen MR) is 122 cm³/mol. The largest absolute Gasteiger partial charge is 0.493 e. The molecule has 0 aliphatic carbocycles. The van der Waals surface area contributed by atoms with Gasteiger partial charge in [-0.3, -0.25) is 4.79 Å². The highest BCUT2D eigenvalue weighted by Gasteiger charge is 2.36. The third kappa shape index (κ3) is 6.91. The van der Waals surface area contributed by atoms with E-state index in [-0.39, 0.29) is 55.0 Å². The molecule has 0 aromatic heterocycles. The Morgan fingerprint density at radius 2 is 2.07 bits per heavy atom. The van der Waals surface area contributed by atoms with E-state index in [0.29, 0.717) is 24.6 Å². The van der Waals surface area contributed by atoms with Crippen LogP contribution in [0.2, 0.25) is 0 Å². The monoisotopic (exact) mass is 521 g/mol. The van der Waals surface area contributed by atoms with Gasteiger partial charge in [-0.1, -0.05) is 13.0 Å². The fraction of sp³-hybridized carbons (Fsp3) is 0.600. The Balaban J connectivity index is 0.00000420. The molecule has 1 heterocycles. The predicted octanol–water partition coefficient (Wildman–Crippen LogP) is 1.89. The SMILES string of the molecule is CCNC(=NCc1ccc(OCCO)c(OC)c1)N1CC(C)C(C(=O)OC)C1.I. The molecule has 1 saturated heterocycles. The maximum atomic E-state index is 12.0. The fourth-order valence-corrected chi connectivity index (χ4v) is 3.28. The first-order chi connectivity index (χ1) is 13.5. The summed E-state index contributed by atoms with van der Waals surface area (Å²) in [5.74, 6) is 1.86. The molecular weight excluding hydrogens is 489 g/mol. The lowest BCUT2D eigenvalue weighted by Crippen LogP contribution is -2.40. The summed E-state index contributed by atoms with van der Waals surface area (Å²) in [7, 11) is 3.01. The number of esters is 1. The van der Waals surface area contributed by atoms with Crippen molar-refractivity contribution in [2.24, 2.45) is 16.8 Å². The molecule has 1 aromatic carbocycles. The van der Waals surface area contributed by atoms with E-state index < -0.39 is 0 Å². The highest BCUT2D eigenvalue weighted by atomic mass is 127. The molecule has 29 heavy (non-hydrogen) atoms. The van der Waals surface area contributed by atoms with Crippen LogP contribution in [0.3, 0.4) is 0 Å². The molecule has 0 bridgehead atoms. The third-order valence-corrected chi connectivity index (χ3v) is 4.74. The van der Waals surface area contributed by atoms with Crippen LogP contribution in [0.1, 0.15) is 19.4 Å². The summed E-state index contributed by atoms with van der Waals surface area (Å²) in [6.45, 7) is 6.79. The molecular formula is C20H32IN3O5. The lowest BCUT2D eigenvalue weighted by Gasteiger charge is -2.21. The lowest BCUT2D eigenvalue weighted by molar-refractivity contribution is -0.145. The maximum absolute atomic E-state index is 12.0. The number of likely N-dealkylation sites (tertiary alicyclic amines) is 1. The van der Waals surface area contributed by atoms with Crippen LogP contribution in [-0.2, 0) is 16.1 Å². The van der Waals surface area contributed by atoms with E-state index in [2.05, 4.69) is 17.1 Å². The van der Waals surface area contributed by atoms with Crippen LogP contribution < -0.4 is 14.8 Å². The van der Waals surface area contributed by atoms with Gasteiger partial charge in [0.15, 0.2) is 17.5 Å². The van der Waals surface area contributed by atoms with Gasteiger partial charge in [0, 0.05) is 19.6 Å². The van der Waals surface area contributed by atoms with Crippen molar-refractivity contribution in [3.8, 4) is 11.5 Å². The number of carbonyl (C=O) groups is 1. The Morgan fingerprint density at radius 1 is 1.31 bits per heavy atom. The van der Waals surface area contributed by atoms with Crippen molar-refractivity contribution in [2.45, 2.75) is 20.4 Å². The fourth-order valence-electron chi connectivity index (χ4n) is 3.28. The van der Waals surface area contributed by atoms with Crippen molar-refractivity contribution in [3.05, 3.63) is 23.8 Å². The zero-order valence-corrected chi connectivity index (χ0v) is 19.8. The number of nitrogens with one attached hydrogen (secondary N) is 1. The highest BCUT2D eigenvalue weighted by molar-refractivity contribution is 14.0. The molecule has 1 aliphatic heterocycles. The van der Waals surface area contributed by atoms with Crippen molar-refractivity contribution < 1.29 is 24.1 Å². The van der Waals surface area contributed by atoms with E-state index >= 15 is 0 Å². The molecule has 1 fully saturated rings. The van der Waals surface area contributed by atoms with Crippen LogP contribution in [-0.4, -0.2) is 69.0 Å². The number of hydrogen-bond acceptors (Lipinski definition) is 6. The van der Waals surface area contributed by atoms with Gasteiger partial charge in [-0.05, 0) is 30.5 Å². The second-order valence-electron chi connectivity index (χ2n) is 6.74. The van der Waals surface area contributed by atoms with Crippen molar-refractivity contribution in [1.29, 1.82) is 0 Å². The lowest BCUT2D eigenvalue weighted by atomic mass is 9.99. The van der Waals surface area contributed by atoms with Gasteiger partial charge in [0.1, 0.15) is 6.61 Å². The zero-order valence-electron chi connectivity index (χ0n) is 17.5. The number of hydrogen-bond donors (Lipinski definition) is 2. The number of aliphatic hydroxyl groups is 1. The van der Waals surface area contributed by atoms with Gasteiger partial charge in [-0.25, -0.2) is 4.99 Å². The average Bonchev–Trinajstić information content (AvgIpc) is 3.10. The number of halogens is 1. The average molecular weight is 521 g/mol. The number of methoxy groups -OCH3 is 2. The molecule has 0 amide bonds. The highest BCUT2D eigenvalue weighted by Crippen LogP contribution is 2.28. The molecule has 0 spiro atoms. The van der Waals surface area contributed by atoms with Crippen LogP contribution in [0.5, 0.6) is 11.5 Å². The van der Waals surface area contributed by atoms with Crippen LogP contribution in [0, 0.1) is 11.8 Å². The minimum Gasteiger partial charge on any atom is -0.493 e. The number of guanidine groups is 1. The van der Waals surface area contributed by atoms with E-state index in [9.17, 15) is 4.79 Å². The molecule has 0 radical (unpaired) electrons. The van der Waals surface area contributed by atoms with E-state index in [1.165, 1.54) is 7.11 Å². The normalized spacial score (nSPS) is 18.8. The first-order valence-electron chi connectivity index (χ1n) is 9.55. The number of nitrogens with zero attached hydrogens (tertiary/aromatic N) is 2. The van der Waals surface area contributed by atoms with Crippen LogP contribution in [0.15, 0.2) is 23.2 Å². The van der Waals surface area contributed by atoms with Crippen LogP contribution in [0.4, 0.5) is 0 Å². The standard InChI is InChI=1S/C20H31N3O5.HI/c1-5-21-20(23-12-14(2)16(13-23)19(25)27-4)22-11-15-6-7-17(28-9-8-24)18(10-15)26-3;/h6-7,10,14,16,24H,5,8-9,11-13H2,1-4H3,(H,21,22);1H. The number of aliphatic imine (C=N–C) groups is 1. The molecule has 9 heteroatoms. The first kappa shape index (κ1) is 25.3. The first-order valence-corrected chi connectivity index (χ1v) is 9.55. The van der Waals surface area contributed by atoms with Gasteiger partial charge >= 0.3 is 5.97 Å². The van der Waals surface area contributed by atoms with E-state index in [1.54, 1.807) is 7.11 Å². The maximum Gasteiger partial charge on any atom is 0.310 e. The summed E-state index contributed by atoms with van der Waals surface area (Å²) >= 11 is 0. The second-order valence-corrected chi connectivity index (χ2v) is 6.74. The van der Waals surface area contributed by atoms with Gasteiger partial charge in [-0.15, -0.1) is 24.0 Å². The zero-order chi connectivity index (χ0) is 20.5. The Morgan fingerprint density at radius 3 is 2.69 bits per heavy atom. The van der Waals surface area contributed by atoms with Crippen LogP contribution in [0.25, 0.3) is 0 Å². The van der Waals surface area contributed by atoms with Crippen molar-refractivity contribution in [1.82, 2.24) is 10.2 Å². The van der Waals surface area contributed by atoms with Gasteiger partial charge in [-0.2, -0.15) is 0 Å². The number of benzene rings is 1. The molecule has 2 unspecified atom stereocenters. The molecule has 2 rings (SSSR count). The van der Waals surface area contributed by atoms with Gasteiger partial charge < -0.3 is 29.5 Å². The Kier molecular flexibility index (Phi) is 11.1. The number of carbonyl (C=O) groups excluding carboxylic acids is 1. The molecule has 0 saturated carbocycles. The molecule has 8 nitrogen and oxygen atoms in total. The molecule has 2 atom stereocenters. The molecule has 164 valence electrons. The van der Waals surface area contributed by atoms with Crippen molar-refractivity contribution >= 4 is 35.9 Å². The Hall–Kier alpha value is -1.75. The van der Waals surface area contributed by atoms with Gasteiger partial charge in [0.05, 0.1) is 33.3 Å².